The van der Waals surface area contributed by atoms with Crippen LogP contribution in [-0.4, -0.2) is 34.6 Å². The fourth-order valence-corrected chi connectivity index (χ4v) is 3.58. The summed E-state index contributed by atoms with van der Waals surface area (Å²) < 4.78 is 16.5. The molecule has 0 bridgehead atoms. The summed E-state index contributed by atoms with van der Waals surface area (Å²) in [7, 11) is 1.75. The van der Waals surface area contributed by atoms with Gasteiger partial charge in [-0.2, -0.15) is 10.2 Å². The molecule has 0 aliphatic heterocycles. The van der Waals surface area contributed by atoms with Crippen molar-refractivity contribution in [3.8, 4) is 17.1 Å². The van der Waals surface area contributed by atoms with Gasteiger partial charge in [-0.05, 0) is 51.1 Å². The van der Waals surface area contributed by atoms with Crippen molar-refractivity contribution in [1.29, 1.82) is 0 Å². The molecule has 0 atom stereocenters. The zero-order valence-corrected chi connectivity index (χ0v) is 18.2. The van der Waals surface area contributed by atoms with Crippen molar-refractivity contribution in [3.05, 3.63) is 65.0 Å². The quantitative estimate of drug-likeness (QED) is 0.483. The van der Waals surface area contributed by atoms with Crippen LogP contribution in [0.1, 0.15) is 25.2 Å². The molecular formula is C21H21ClFN7O. The van der Waals surface area contributed by atoms with E-state index in [2.05, 4.69) is 25.5 Å². The smallest absolute Gasteiger partial charge is 0.173 e. The molecule has 3 heterocycles. The molecule has 0 saturated carbocycles. The first kappa shape index (κ1) is 21.0. The number of aryl methyl sites for hydroxylation is 2. The second kappa shape index (κ2) is 7.75. The predicted molar refractivity (Wildman–Crippen MR) is 116 cm³/mol. The molecule has 0 unspecified atom stereocenters. The van der Waals surface area contributed by atoms with E-state index < -0.39 is 5.60 Å². The van der Waals surface area contributed by atoms with E-state index in [1.165, 1.54) is 18.5 Å². The summed E-state index contributed by atoms with van der Waals surface area (Å²) in [6, 6.07) is 9.51. The molecule has 0 amide bonds. The van der Waals surface area contributed by atoms with Crippen LogP contribution in [0.25, 0.3) is 17.1 Å². The lowest BCUT2D eigenvalue weighted by Gasteiger charge is -2.18. The Hall–Kier alpha value is -3.30. The maximum atomic E-state index is 13.3. The molecule has 10 heteroatoms. The number of hydrogen-bond acceptors (Lipinski definition) is 6. The first-order chi connectivity index (χ1) is 14.6. The third kappa shape index (κ3) is 4.14. The zero-order chi connectivity index (χ0) is 22.3. The lowest BCUT2D eigenvalue weighted by atomic mass is 10.1. The molecule has 3 aromatic heterocycles. The third-order valence-corrected chi connectivity index (χ3v) is 5.04. The normalized spacial score (nSPS) is 11.7. The van der Waals surface area contributed by atoms with Gasteiger partial charge in [0.25, 0.3) is 0 Å². The summed E-state index contributed by atoms with van der Waals surface area (Å²) in [6.45, 7) is 5.21. The Kier molecular flexibility index (Phi) is 5.24. The average Bonchev–Trinajstić information content (AvgIpc) is 3.23. The molecule has 2 N–H and O–H groups in total. The lowest BCUT2D eigenvalue weighted by molar-refractivity contribution is 0.0710. The summed E-state index contributed by atoms with van der Waals surface area (Å²) in [5.41, 5.74) is 1.63. The highest BCUT2D eigenvalue weighted by molar-refractivity contribution is 6.35. The zero-order valence-electron chi connectivity index (χ0n) is 17.4. The maximum absolute atomic E-state index is 13.3. The monoisotopic (exact) mass is 441 g/mol. The van der Waals surface area contributed by atoms with Crippen LogP contribution in [0.5, 0.6) is 0 Å². The van der Waals surface area contributed by atoms with Crippen LogP contribution >= 0.6 is 11.6 Å². The highest BCUT2D eigenvalue weighted by Gasteiger charge is 2.24. The summed E-state index contributed by atoms with van der Waals surface area (Å²) in [5, 5.41) is 22.8. The number of hydrogen-bond donors (Lipinski definition) is 2. The minimum atomic E-state index is -1.10. The van der Waals surface area contributed by atoms with Gasteiger partial charge >= 0.3 is 0 Å². The van der Waals surface area contributed by atoms with Crippen molar-refractivity contribution in [2.24, 2.45) is 7.05 Å². The van der Waals surface area contributed by atoms with Crippen molar-refractivity contribution < 1.29 is 9.50 Å². The van der Waals surface area contributed by atoms with Crippen molar-refractivity contribution >= 4 is 23.2 Å². The lowest BCUT2D eigenvalue weighted by Crippen LogP contribution is -2.21. The van der Waals surface area contributed by atoms with E-state index in [0.29, 0.717) is 33.9 Å². The van der Waals surface area contributed by atoms with Gasteiger partial charge in [-0.15, -0.1) is 0 Å². The minimum Gasteiger partial charge on any atom is -0.384 e. The van der Waals surface area contributed by atoms with Gasteiger partial charge in [0.05, 0.1) is 17.1 Å². The number of rotatable bonds is 5. The van der Waals surface area contributed by atoms with Crippen LogP contribution in [0.2, 0.25) is 5.02 Å². The van der Waals surface area contributed by atoms with E-state index in [1.54, 1.807) is 54.5 Å². The molecule has 31 heavy (non-hydrogen) atoms. The van der Waals surface area contributed by atoms with Crippen molar-refractivity contribution in [2.75, 3.05) is 5.32 Å². The van der Waals surface area contributed by atoms with Crippen LogP contribution < -0.4 is 5.32 Å². The second-order valence-electron chi connectivity index (χ2n) is 7.67. The molecule has 160 valence electrons. The standard InChI is InChI=1S/C21H21ClFN7O/c1-12-9-15(21(2,3)31)30(27-12)17-10-16(24-11-25-17)26-20-18(22)19(29(4)28-20)13-5-7-14(23)8-6-13/h5-11,31H,1-4H3,(H,24,25,26,28). The van der Waals surface area contributed by atoms with Gasteiger partial charge < -0.3 is 10.4 Å². The van der Waals surface area contributed by atoms with Gasteiger partial charge in [-0.1, -0.05) is 11.6 Å². The molecule has 0 radical (unpaired) electrons. The Morgan fingerprint density at radius 1 is 1.10 bits per heavy atom. The number of nitrogens with one attached hydrogen (secondary N) is 1. The Bertz CT molecular complexity index is 1240. The van der Waals surface area contributed by atoms with Gasteiger partial charge in [0.2, 0.25) is 0 Å². The minimum absolute atomic E-state index is 0.326. The number of aromatic nitrogens is 6. The fraction of sp³-hybridized carbons (Fsp3) is 0.238. The molecule has 4 aromatic rings. The molecule has 8 nitrogen and oxygen atoms in total. The van der Waals surface area contributed by atoms with E-state index in [4.69, 9.17) is 11.6 Å². The van der Waals surface area contributed by atoms with E-state index in [9.17, 15) is 9.50 Å². The third-order valence-electron chi connectivity index (χ3n) is 4.68. The van der Waals surface area contributed by atoms with Crippen molar-refractivity contribution in [2.45, 2.75) is 26.4 Å². The first-order valence-electron chi connectivity index (χ1n) is 9.51. The summed E-state index contributed by atoms with van der Waals surface area (Å²) in [5.74, 6) is 1.000. The molecule has 0 saturated heterocycles. The number of halogens is 2. The van der Waals surface area contributed by atoms with Crippen molar-refractivity contribution in [1.82, 2.24) is 29.5 Å². The van der Waals surface area contributed by atoms with Crippen LogP contribution in [-0.2, 0) is 12.6 Å². The number of anilines is 2. The summed E-state index contributed by atoms with van der Waals surface area (Å²) >= 11 is 6.57. The Balaban J connectivity index is 1.68. The Morgan fingerprint density at radius 2 is 1.81 bits per heavy atom. The predicted octanol–water partition coefficient (Wildman–Crippen LogP) is 4.13. The van der Waals surface area contributed by atoms with Crippen LogP contribution in [0, 0.1) is 12.7 Å². The van der Waals surface area contributed by atoms with Gasteiger partial charge in [-0.3, -0.25) is 4.68 Å². The Labute approximate surface area is 183 Å². The maximum Gasteiger partial charge on any atom is 0.173 e. The van der Waals surface area contributed by atoms with Gasteiger partial charge in [-0.25, -0.2) is 19.0 Å². The second-order valence-corrected chi connectivity index (χ2v) is 8.05. The molecular weight excluding hydrogens is 421 g/mol. The summed E-state index contributed by atoms with van der Waals surface area (Å²) in [6.07, 6.45) is 1.39. The highest BCUT2D eigenvalue weighted by Crippen LogP contribution is 2.34. The number of aliphatic hydroxyl groups is 1. The number of benzene rings is 1. The first-order valence-corrected chi connectivity index (χ1v) is 9.88. The molecule has 1 aromatic carbocycles. The average molecular weight is 442 g/mol. The van der Waals surface area contributed by atoms with E-state index >= 15 is 0 Å². The van der Waals surface area contributed by atoms with E-state index in [1.807, 2.05) is 6.92 Å². The van der Waals surface area contributed by atoms with Gasteiger partial charge in [0.15, 0.2) is 11.6 Å². The molecule has 4 rings (SSSR count). The van der Waals surface area contributed by atoms with E-state index in [-0.39, 0.29) is 5.82 Å². The Morgan fingerprint density at radius 3 is 2.48 bits per heavy atom. The van der Waals surface area contributed by atoms with E-state index in [0.717, 1.165) is 11.3 Å². The van der Waals surface area contributed by atoms with Crippen LogP contribution in [0.3, 0.4) is 0 Å². The van der Waals surface area contributed by atoms with Gasteiger partial charge in [0, 0.05) is 18.7 Å². The molecule has 0 aliphatic carbocycles. The van der Waals surface area contributed by atoms with Crippen LogP contribution in [0.4, 0.5) is 16.0 Å². The van der Waals surface area contributed by atoms with Crippen molar-refractivity contribution in [3.63, 3.8) is 0 Å². The van der Waals surface area contributed by atoms with Gasteiger partial charge in [0.1, 0.15) is 28.6 Å². The number of nitrogens with zero attached hydrogens (tertiary/aromatic N) is 6. The SMILES string of the molecule is Cc1cc(C(C)(C)O)n(-c2cc(Nc3nn(C)c(-c4ccc(F)cc4)c3Cl)ncn2)n1. The molecule has 0 fully saturated rings. The largest absolute Gasteiger partial charge is 0.384 e. The fourth-order valence-electron chi connectivity index (χ4n) is 3.26. The summed E-state index contributed by atoms with van der Waals surface area (Å²) in [4.78, 5) is 8.52. The topological polar surface area (TPSA) is 93.7 Å². The highest BCUT2D eigenvalue weighted by atomic mass is 35.5. The molecule has 0 spiro atoms. The van der Waals surface area contributed by atoms with Crippen LogP contribution in [0.15, 0.2) is 42.7 Å². The molecule has 0 aliphatic rings.